The van der Waals surface area contributed by atoms with Gasteiger partial charge in [-0.15, -0.1) is 22.6 Å². The first-order valence-corrected chi connectivity index (χ1v) is 11.6. The van der Waals surface area contributed by atoms with Crippen molar-refractivity contribution in [2.45, 2.75) is 75.5 Å². The van der Waals surface area contributed by atoms with E-state index >= 15 is 0 Å². The van der Waals surface area contributed by atoms with E-state index in [2.05, 4.69) is 20.8 Å². The number of rotatable bonds is 9. The summed E-state index contributed by atoms with van der Waals surface area (Å²) in [5.74, 6) is 0.780. The van der Waals surface area contributed by atoms with Gasteiger partial charge >= 0.3 is 0 Å². The van der Waals surface area contributed by atoms with Crippen LogP contribution >= 0.6 is 24.2 Å². The number of nitrogens with one attached hydrogen (secondary N) is 2. The fourth-order valence-electron chi connectivity index (χ4n) is 4.24. The van der Waals surface area contributed by atoms with Gasteiger partial charge in [-0.3, -0.25) is 9.59 Å². The number of Topliss-reactive ketones (excluding diaryl/α,β-unsaturated/α-hetero) is 1. The maximum Gasteiger partial charge on any atom is 0.286 e. The molecule has 29 heavy (non-hydrogen) atoms. The van der Waals surface area contributed by atoms with Crippen LogP contribution < -0.4 is 10.6 Å². The number of aromatic nitrogens is 2. The Morgan fingerprint density at radius 2 is 1.72 bits per heavy atom. The number of amides is 1. The molecule has 1 aromatic rings. The summed E-state index contributed by atoms with van der Waals surface area (Å²) in [7, 11) is 1.88. The number of hydrogen-bond acceptors (Lipinski definition) is 7. The predicted octanol–water partition coefficient (Wildman–Crippen LogP) is 3.63. The van der Waals surface area contributed by atoms with Crippen LogP contribution in [0.3, 0.4) is 0 Å². The molecule has 1 atom stereocenters. The van der Waals surface area contributed by atoms with Gasteiger partial charge in [0.15, 0.2) is 0 Å². The van der Waals surface area contributed by atoms with Crippen LogP contribution in [0.4, 0.5) is 0 Å². The van der Waals surface area contributed by atoms with E-state index in [1.807, 2.05) is 7.05 Å². The minimum atomic E-state index is -0.551. The van der Waals surface area contributed by atoms with E-state index in [9.17, 15) is 9.59 Å². The van der Waals surface area contributed by atoms with Crippen molar-refractivity contribution in [3.8, 4) is 0 Å². The third-order valence-corrected chi connectivity index (χ3v) is 6.69. The van der Waals surface area contributed by atoms with Crippen molar-refractivity contribution < 1.29 is 14.0 Å². The number of carbonyl (C=O) groups excluding carboxylic acids is 2. The number of nitrogens with zero attached hydrogens (tertiary/aromatic N) is 2. The molecule has 1 unspecified atom stereocenters. The summed E-state index contributed by atoms with van der Waals surface area (Å²) in [6.45, 7) is 0.818. The average Bonchev–Trinajstić information content (AvgIpc) is 3.22. The highest BCUT2D eigenvalue weighted by atomic mass is 35.5. The maximum atomic E-state index is 13.2. The number of halogens is 1. The lowest BCUT2D eigenvalue weighted by Gasteiger charge is -2.31. The summed E-state index contributed by atoms with van der Waals surface area (Å²) >= 11 is 1.42. The topological polar surface area (TPSA) is 97.1 Å². The smallest absolute Gasteiger partial charge is 0.286 e. The van der Waals surface area contributed by atoms with Crippen LogP contribution in [0.25, 0.3) is 0 Å². The minimum absolute atomic E-state index is 0. The van der Waals surface area contributed by atoms with Crippen molar-refractivity contribution in [1.82, 2.24) is 20.8 Å². The molecule has 0 aliphatic heterocycles. The van der Waals surface area contributed by atoms with Gasteiger partial charge in [-0.1, -0.05) is 50.3 Å². The number of thioether (sulfide) groups is 1. The Labute approximate surface area is 183 Å². The van der Waals surface area contributed by atoms with Crippen LogP contribution in [-0.2, 0) is 4.79 Å². The van der Waals surface area contributed by atoms with Crippen molar-refractivity contribution in [2.75, 3.05) is 19.3 Å². The van der Waals surface area contributed by atoms with Gasteiger partial charge in [-0.2, -0.15) is 0 Å². The van der Waals surface area contributed by atoms with Crippen molar-refractivity contribution >= 4 is 35.9 Å². The van der Waals surface area contributed by atoms with Crippen LogP contribution in [-0.4, -0.2) is 47.3 Å². The first kappa shape index (κ1) is 24.2. The third kappa shape index (κ3) is 6.96. The van der Waals surface area contributed by atoms with Gasteiger partial charge in [0.2, 0.25) is 11.7 Å². The highest BCUT2D eigenvalue weighted by Crippen LogP contribution is 2.30. The first-order chi connectivity index (χ1) is 13.7. The van der Waals surface area contributed by atoms with Gasteiger partial charge in [0.1, 0.15) is 6.04 Å². The molecule has 2 fully saturated rings. The summed E-state index contributed by atoms with van der Waals surface area (Å²) in [5.41, 5.74) is 0. The van der Waals surface area contributed by atoms with Crippen LogP contribution in [0.2, 0.25) is 0 Å². The van der Waals surface area contributed by atoms with Gasteiger partial charge in [0.25, 0.3) is 11.1 Å². The molecular formula is C20H33ClN4O3S. The molecule has 164 valence electrons. The molecule has 7 nitrogen and oxygen atoms in total. The predicted molar refractivity (Wildman–Crippen MR) is 116 cm³/mol. The zero-order valence-electron chi connectivity index (χ0n) is 17.2. The van der Waals surface area contributed by atoms with E-state index in [1.54, 1.807) is 0 Å². The van der Waals surface area contributed by atoms with Crippen molar-refractivity contribution in [2.24, 2.45) is 11.8 Å². The van der Waals surface area contributed by atoms with E-state index in [4.69, 9.17) is 4.42 Å². The second-order valence-corrected chi connectivity index (χ2v) is 8.95. The molecule has 1 heterocycles. The Hall–Kier alpha value is -1.12. The molecule has 2 aliphatic carbocycles. The summed E-state index contributed by atoms with van der Waals surface area (Å²) in [4.78, 5) is 26.0. The van der Waals surface area contributed by atoms with E-state index in [1.165, 1.54) is 24.6 Å². The van der Waals surface area contributed by atoms with Gasteiger partial charge < -0.3 is 15.1 Å². The Balaban J connectivity index is 0.00000300. The van der Waals surface area contributed by atoms with E-state index in [-0.39, 0.29) is 41.8 Å². The lowest BCUT2D eigenvalue weighted by molar-refractivity contribution is -0.126. The van der Waals surface area contributed by atoms with E-state index in [0.717, 1.165) is 63.7 Å². The summed E-state index contributed by atoms with van der Waals surface area (Å²) in [6.07, 6.45) is 10.5. The number of hydrogen-bond donors (Lipinski definition) is 2. The number of carbonyl (C=O) groups is 2. The molecule has 0 radical (unpaired) electrons. The molecule has 1 aromatic heterocycles. The van der Waals surface area contributed by atoms with Gasteiger partial charge in [0.05, 0.1) is 0 Å². The largest absolute Gasteiger partial charge is 0.408 e. The van der Waals surface area contributed by atoms with Crippen LogP contribution in [0.15, 0.2) is 9.64 Å². The molecule has 0 saturated heterocycles. The zero-order chi connectivity index (χ0) is 19.8. The van der Waals surface area contributed by atoms with Gasteiger partial charge in [-0.25, -0.2) is 0 Å². The molecule has 2 aliphatic rings. The Kier molecular flexibility index (Phi) is 10.4. The van der Waals surface area contributed by atoms with Crippen molar-refractivity contribution in [3.63, 3.8) is 0 Å². The maximum absolute atomic E-state index is 13.2. The molecule has 3 rings (SSSR count). The van der Waals surface area contributed by atoms with Crippen LogP contribution in [0.1, 0.15) is 74.9 Å². The molecule has 0 spiro atoms. The van der Waals surface area contributed by atoms with Gasteiger partial charge in [0, 0.05) is 18.2 Å². The monoisotopic (exact) mass is 444 g/mol. The minimum Gasteiger partial charge on any atom is -0.408 e. The molecule has 1 amide bonds. The second kappa shape index (κ2) is 12.5. The highest BCUT2D eigenvalue weighted by Gasteiger charge is 2.36. The Morgan fingerprint density at radius 1 is 1.07 bits per heavy atom. The zero-order valence-corrected chi connectivity index (χ0v) is 18.8. The van der Waals surface area contributed by atoms with Gasteiger partial charge in [-0.05, 0) is 38.6 Å². The van der Waals surface area contributed by atoms with E-state index < -0.39 is 6.04 Å². The fourth-order valence-corrected chi connectivity index (χ4v) is 4.96. The molecule has 0 aromatic carbocycles. The molecule has 2 saturated carbocycles. The summed E-state index contributed by atoms with van der Waals surface area (Å²) in [5, 5.41) is 14.5. The Bertz CT molecular complexity index is 645. The standard InChI is InChI=1S/C20H32N4O3S.ClH/c1-21-12-13-28-20-24-23-19(27-20)17(25)16(14-8-4-2-5-9-14)22-18(26)15-10-6-3-7-11-15;/h14-16,21H,2-13H2,1H3,(H,22,26);1H. The fraction of sp³-hybridized carbons (Fsp3) is 0.800. The normalized spacial score (nSPS) is 19.3. The average molecular weight is 445 g/mol. The highest BCUT2D eigenvalue weighted by molar-refractivity contribution is 7.99. The van der Waals surface area contributed by atoms with E-state index in [0.29, 0.717) is 5.22 Å². The van der Waals surface area contributed by atoms with Crippen molar-refractivity contribution in [3.05, 3.63) is 5.89 Å². The second-order valence-electron chi connectivity index (χ2n) is 7.91. The van der Waals surface area contributed by atoms with Crippen LogP contribution in [0, 0.1) is 11.8 Å². The van der Waals surface area contributed by atoms with Crippen molar-refractivity contribution in [1.29, 1.82) is 0 Å². The quantitative estimate of drug-likeness (QED) is 0.341. The first-order valence-electron chi connectivity index (χ1n) is 10.6. The Morgan fingerprint density at radius 3 is 2.38 bits per heavy atom. The molecule has 9 heteroatoms. The molecule has 0 bridgehead atoms. The summed E-state index contributed by atoms with van der Waals surface area (Å²) < 4.78 is 5.60. The SMILES string of the molecule is CNCCSc1nnc(C(=O)C(NC(=O)C2CCCCC2)C2CCCCC2)o1.Cl. The molecule has 2 N–H and O–H groups in total. The lowest BCUT2D eigenvalue weighted by Crippen LogP contribution is -2.49. The van der Waals surface area contributed by atoms with Crippen LogP contribution in [0.5, 0.6) is 0 Å². The number of ketones is 1. The lowest BCUT2D eigenvalue weighted by atomic mass is 9.81. The summed E-state index contributed by atoms with van der Waals surface area (Å²) in [6, 6.07) is -0.551. The third-order valence-electron chi connectivity index (χ3n) is 5.87. The molecular weight excluding hydrogens is 412 g/mol.